The van der Waals surface area contributed by atoms with Crippen LogP contribution >= 0.6 is 0 Å². The van der Waals surface area contributed by atoms with Crippen LogP contribution in [0.2, 0.25) is 0 Å². The number of ether oxygens (including phenoxy) is 1. The van der Waals surface area contributed by atoms with Crippen molar-refractivity contribution in [3.63, 3.8) is 0 Å². The maximum atomic E-state index is 11.3. The molecule has 0 radical (unpaired) electrons. The average molecular weight is 242 g/mol. The molecule has 0 aliphatic rings. The van der Waals surface area contributed by atoms with Crippen molar-refractivity contribution in [2.75, 3.05) is 13.2 Å². The molecule has 0 aromatic carbocycles. The molecule has 1 N–H and O–H groups in total. The van der Waals surface area contributed by atoms with Gasteiger partial charge in [0.05, 0.1) is 6.61 Å². The minimum absolute atomic E-state index is 0.412. The van der Waals surface area contributed by atoms with E-state index in [9.17, 15) is 9.90 Å². The highest BCUT2D eigenvalue weighted by Crippen LogP contribution is 2.20. The molecule has 0 bridgehead atoms. The molecule has 7 nitrogen and oxygen atoms in total. The Morgan fingerprint density at radius 3 is 2.76 bits per heavy atom. The first-order chi connectivity index (χ1) is 8.06. The maximum absolute atomic E-state index is 11.3. The molecule has 1 rings (SSSR count). The molecule has 1 aromatic rings. The largest absolute Gasteiger partial charge is 0.479 e. The van der Waals surface area contributed by atoms with Gasteiger partial charge in [0.1, 0.15) is 0 Å². The van der Waals surface area contributed by atoms with Crippen molar-refractivity contribution in [3.05, 3.63) is 5.82 Å². The van der Waals surface area contributed by atoms with Crippen molar-refractivity contribution in [2.45, 2.75) is 39.2 Å². The van der Waals surface area contributed by atoms with Gasteiger partial charge in [0, 0.05) is 13.0 Å². The van der Waals surface area contributed by atoms with Gasteiger partial charge in [0.2, 0.25) is 0 Å². The van der Waals surface area contributed by atoms with Crippen LogP contribution < -0.4 is 0 Å². The first kappa shape index (κ1) is 13.6. The summed E-state index contributed by atoms with van der Waals surface area (Å²) in [6, 6.07) is 0. The number of aromatic nitrogens is 4. The summed E-state index contributed by atoms with van der Waals surface area (Å²) in [6.07, 6.45) is 0.915. The molecular weight excluding hydrogens is 224 g/mol. The molecule has 0 spiro atoms. The number of tetrazole rings is 1. The van der Waals surface area contributed by atoms with Crippen molar-refractivity contribution < 1.29 is 14.6 Å². The second kappa shape index (κ2) is 5.72. The minimum atomic E-state index is -1.11. The van der Waals surface area contributed by atoms with Crippen molar-refractivity contribution in [1.29, 1.82) is 0 Å². The lowest BCUT2D eigenvalue weighted by Crippen LogP contribution is -2.40. The van der Waals surface area contributed by atoms with E-state index in [-0.39, 0.29) is 0 Å². The second-order valence-corrected chi connectivity index (χ2v) is 3.89. The summed E-state index contributed by atoms with van der Waals surface area (Å²) in [5.74, 6) is -0.407. The lowest BCUT2D eigenvalue weighted by Gasteiger charge is -2.23. The molecule has 0 aliphatic carbocycles. The van der Waals surface area contributed by atoms with Gasteiger partial charge in [-0.05, 0) is 30.7 Å². The number of rotatable bonds is 7. The van der Waals surface area contributed by atoms with E-state index in [0.717, 1.165) is 0 Å². The summed E-state index contributed by atoms with van der Waals surface area (Å²) in [6.45, 7) is 6.40. The van der Waals surface area contributed by atoms with Crippen LogP contribution in [-0.2, 0) is 21.5 Å². The van der Waals surface area contributed by atoms with Gasteiger partial charge in [-0.25, -0.2) is 9.48 Å². The number of hydrogen-bond donors (Lipinski definition) is 1. The average Bonchev–Trinajstić information content (AvgIpc) is 2.77. The Bertz CT molecular complexity index is 379. The Kier molecular flexibility index (Phi) is 4.56. The van der Waals surface area contributed by atoms with Crippen LogP contribution in [0.15, 0.2) is 0 Å². The third kappa shape index (κ3) is 2.79. The SMILES string of the molecule is CCOCCc1nnnn1C(C)(CC)C(=O)O. The first-order valence-electron chi connectivity index (χ1n) is 5.65. The first-order valence-corrected chi connectivity index (χ1v) is 5.65. The van der Waals surface area contributed by atoms with Crippen LogP contribution in [0, 0.1) is 0 Å². The third-order valence-corrected chi connectivity index (χ3v) is 2.82. The number of aliphatic carboxylic acids is 1. The zero-order chi connectivity index (χ0) is 12.9. The Labute approximate surface area is 99.8 Å². The molecule has 0 fully saturated rings. The zero-order valence-electron chi connectivity index (χ0n) is 10.4. The Balaban J connectivity index is 2.90. The summed E-state index contributed by atoms with van der Waals surface area (Å²) >= 11 is 0. The summed E-state index contributed by atoms with van der Waals surface area (Å²) in [7, 11) is 0. The zero-order valence-corrected chi connectivity index (χ0v) is 10.4. The molecule has 1 aromatic heterocycles. The van der Waals surface area contributed by atoms with Crippen molar-refractivity contribution in [2.24, 2.45) is 0 Å². The van der Waals surface area contributed by atoms with E-state index in [1.54, 1.807) is 13.8 Å². The van der Waals surface area contributed by atoms with E-state index >= 15 is 0 Å². The van der Waals surface area contributed by atoms with E-state index in [1.165, 1.54) is 4.68 Å². The van der Waals surface area contributed by atoms with Crippen molar-refractivity contribution in [3.8, 4) is 0 Å². The summed E-state index contributed by atoms with van der Waals surface area (Å²) in [5, 5.41) is 20.4. The monoisotopic (exact) mass is 242 g/mol. The standard InChI is InChI=1S/C10H18N4O3/c1-4-10(3,9(15)16)14-8(11-12-13-14)6-7-17-5-2/h4-7H2,1-3H3,(H,15,16). The van der Waals surface area contributed by atoms with Crippen molar-refractivity contribution in [1.82, 2.24) is 20.2 Å². The molecule has 1 unspecified atom stereocenters. The molecule has 0 amide bonds. The Morgan fingerprint density at radius 1 is 1.53 bits per heavy atom. The van der Waals surface area contributed by atoms with Gasteiger partial charge in [-0.3, -0.25) is 0 Å². The highest BCUT2D eigenvalue weighted by Gasteiger charge is 2.36. The molecule has 1 heterocycles. The number of carboxylic acids is 1. The maximum Gasteiger partial charge on any atom is 0.331 e. The molecule has 0 aliphatic heterocycles. The number of hydrogen-bond acceptors (Lipinski definition) is 5. The van der Waals surface area contributed by atoms with Crippen molar-refractivity contribution >= 4 is 5.97 Å². The van der Waals surface area contributed by atoms with E-state index < -0.39 is 11.5 Å². The molecule has 1 atom stereocenters. The molecular formula is C10H18N4O3. The molecule has 0 saturated heterocycles. The molecule has 17 heavy (non-hydrogen) atoms. The number of nitrogens with zero attached hydrogens (tertiary/aromatic N) is 4. The summed E-state index contributed by atoms with van der Waals surface area (Å²) in [4.78, 5) is 11.3. The van der Waals surface area contributed by atoms with Gasteiger partial charge in [-0.2, -0.15) is 0 Å². The van der Waals surface area contributed by atoms with E-state index in [1.807, 2.05) is 6.92 Å². The van der Waals surface area contributed by atoms with Gasteiger partial charge in [0.25, 0.3) is 0 Å². The highest BCUT2D eigenvalue weighted by atomic mass is 16.5. The second-order valence-electron chi connectivity index (χ2n) is 3.89. The lowest BCUT2D eigenvalue weighted by molar-refractivity contribution is -0.147. The van der Waals surface area contributed by atoms with Crippen LogP contribution in [0.1, 0.15) is 33.0 Å². The summed E-state index contributed by atoms with van der Waals surface area (Å²) in [5.41, 5.74) is -1.11. The minimum Gasteiger partial charge on any atom is -0.479 e. The van der Waals surface area contributed by atoms with Crippen LogP contribution in [0.25, 0.3) is 0 Å². The normalized spacial score (nSPS) is 14.5. The van der Waals surface area contributed by atoms with Gasteiger partial charge in [-0.1, -0.05) is 6.92 Å². The summed E-state index contributed by atoms with van der Waals surface area (Å²) < 4.78 is 6.58. The van der Waals surface area contributed by atoms with Crippen LogP contribution in [0.5, 0.6) is 0 Å². The smallest absolute Gasteiger partial charge is 0.331 e. The van der Waals surface area contributed by atoms with E-state index in [2.05, 4.69) is 15.5 Å². The lowest BCUT2D eigenvalue weighted by atomic mass is 9.99. The van der Waals surface area contributed by atoms with Gasteiger partial charge >= 0.3 is 5.97 Å². The van der Waals surface area contributed by atoms with Crippen LogP contribution in [-0.4, -0.2) is 44.5 Å². The van der Waals surface area contributed by atoms with Crippen LogP contribution in [0.4, 0.5) is 0 Å². The number of carboxylic acid groups (broad SMARTS) is 1. The quantitative estimate of drug-likeness (QED) is 0.699. The Morgan fingerprint density at radius 2 is 2.24 bits per heavy atom. The van der Waals surface area contributed by atoms with Gasteiger partial charge in [0.15, 0.2) is 11.4 Å². The van der Waals surface area contributed by atoms with Gasteiger partial charge < -0.3 is 9.84 Å². The predicted octanol–water partition coefficient (Wildman–Crippen LogP) is 0.462. The molecule has 7 heteroatoms. The predicted molar refractivity (Wildman–Crippen MR) is 59.6 cm³/mol. The Hall–Kier alpha value is -1.50. The van der Waals surface area contributed by atoms with Crippen LogP contribution in [0.3, 0.4) is 0 Å². The van der Waals surface area contributed by atoms with E-state index in [0.29, 0.717) is 31.9 Å². The molecule has 96 valence electrons. The van der Waals surface area contributed by atoms with Gasteiger partial charge in [-0.15, -0.1) is 5.10 Å². The van der Waals surface area contributed by atoms with E-state index in [4.69, 9.17) is 4.74 Å². The molecule has 0 saturated carbocycles. The highest BCUT2D eigenvalue weighted by molar-refractivity contribution is 5.76. The number of carbonyl (C=O) groups is 1. The fourth-order valence-electron chi connectivity index (χ4n) is 1.44. The fourth-order valence-corrected chi connectivity index (χ4v) is 1.44. The fraction of sp³-hybridized carbons (Fsp3) is 0.800. The topological polar surface area (TPSA) is 90.1 Å². The third-order valence-electron chi connectivity index (χ3n) is 2.82.